The van der Waals surface area contributed by atoms with Crippen LogP contribution < -0.4 is 4.74 Å². The molecule has 0 saturated heterocycles. The first-order chi connectivity index (χ1) is 11.7. The van der Waals surface area contributed by atoms with E-state index >= 15 is 0 Å². The maximum Gasteiger partial charge on any atom is 0.137 e. The molecule has 2 aromatic carbocycles. The summed E-state index contributed by atoms with van der Waals surface area (Å²) in [5, 5.41) is 0. The minimum Gasteiger partial charge on any atom is -0.497 e. The first-order valence-corrected chi connectivity index (χ1v) is 7.94. The summed E-state index contributed by atoms with van der Waals surface area (Å²) in [4.78, 5) is 4.72. The Morgan fingerprint density at radius 2 is 1.42 bits per heavy atom. The lowest BCUT2D eigenvalue weighted by molar-refractivity contribution is 0.415. The predicted molar refractivity (Wildman–Crippen MR) is 97.4 cm³/mol. The third-order valence-electron chi connectivity index (χ3n) is 4.30. The maximum atomic E-state index is 5.21. The fraction of sp³-hybridized carbons (Fsp3) is 0.0952. The van der Waals surface area contributed by atoms with Crippen LogP contribution in [0.4, 0.5) is 0 Å². The van der Waals surface area contributed by atoms with Gasteiger partial charge in [-0.2, -0.15) is 0 Å². The van der Waals surface area contributed by atoms with E-state index in [1.54, 1.807) is 7.11 Å². The molecule has 2 aromatic heterocycles. The van der Waals surface area contributed by atoms with Crippen LogP contribution in [0.25, 0.3) is 28.0 Å². The van der Waals surface area contributed by atoms with Gasteiger partial charge in [0.2, 0.25) is 0 Å². The standard InChI is InChI=1S/C21H18N2O/c1-15-4-3-5-21-22-20(14-23(15)21)18-8-6-16(7-9-18)17-10-12-19(24-2)13-11-17/h3-14H,1-2H3. The SMILES string of the molecule is COc1ccc(-c2ccc(-c3cn4c(C)cccc4n3)cc2)cc1. The van der Waals surface area contributed by atoms with Gasteiger partial charge in [0.15, 0.2) is 0 Å². The van der Waals surface area contributed by atoms with Crippen molar-refractivity contribution >= 4 is 5.65 Å². The van der Waals surface area contributed by atoms with E-state index in [-0.39, 0.29) is 0 Å². The number of pyridine rings is 1. The lowest BCUT2D eigenvalue weighted by Crippen LogP contribution is -1.86. The third-order valence-corrected chi connectivity index (χ3v) is 4.30. The average molecular weight is 314 g/mol. The van der Waals surface area contributed by atoms with Crippen molar-refractivity contribution in [3.8, 4) is 28.1 Å². The van der Waals surface area contributed by atoms with Crippen LogP contribution in [-0.2, 0) is 0 Å². The van der Waals surface area contributed by atoms with E-state index in [0.717, 1.165) is 22.7 Å². The van der Waals surface area contributed by atoms with Crippen LogP contribution in [0.3, 0.4) is 0 Å². The molecule has 0 bridgehead atoms. The minimum atomic E-state index is 0.871. The second-order valence-corrected chi connectivity index (χ2v) is 5.83. The van der Waals surface area contributed by atoms with Crippen molar-refractivity contribution in [1.82, 2.24) is 9.38 Å². The van der Waals surface area contributed by atoms with Gasteiger partial charge in [0.25, 0.3) is 0 Å². The average Bonchev–Trinajstić information content (AvgIpc) is 3.08. The minimum absolute atomic E-state index is 0.871. The van der Waals surface area contributed by atoms with Crippen LogP contribution in [0, 0.1) is 6.92 Å². The summed E-state index contributed by atoms with van der Waals surface area (Å²) in [7, 11) is 1.68. The molecule has 4 aromatic rings. The lowest BCUT2D eigenvalue weighted by Gasteiger charge is -2.04. The Kier molecular flexibility index (Phi) is 3.54. The number of fused-ring (bicyclic) bond motifs is 1. The Labute approximate surface area is 141 Å². The summed E-state index contributed by atoms with van der Waals surface area (Å²) in [6, 6.07) is 22.8. The van der Waals surface area contributed by atoms with Crippen molar-refractivity contribution in [3.05, 3.63) is 78.6 Å². The third kappa shape index (κ3) is 2.54. The van der Waals surface area contributed by atoms with Crippen molar-refractivity contribution in [2.24, 2.45) is 0 Å². The zero-order valence-corrected chi connectivity index (χ0v) is 13.7. The molecule has 0 saturated carbocycles. The van der Waals surface area contributed by atoms with Gasteiger partial charge >= 0.3 is 0 Å². The number of aromatic nitrogens is 2. The van der Waals surface area contributed by atoms with Gasteiger partial charge in [0, 0.05) is 17.5 Å². The Morgan fingerprint density at radius 3 is 2.04 bits per heavy atom. The summed E-state index contributed by atoms with van der Waals surface area (Å²) in [6.07, 6.45) is 2.09. The molecule has 0 N–H and O–H groups in total. The number of rotatable bonds is 3. The molecule has 0 aliphatic heterocycles. The lowest BCUT2D eigenvalue weighted by atomic mass is 10.0. The Morgan fingerprint density at radius 1 is 0.792 bits per heavy atom. The van der Waals surface area contributed by atoms with Crippen LogP contribution in [0.5, 0.6) is 5.75 Å². The van der Waals surface area contributed by atoms with Crippen LogP contribution in [-0.4, -0.2) is 16.5 Å². The van der Waals surface area contributed by atoms with E-state index < -0.39 is 0 Å². The molecule has 0 unspecified atom stereocenters. The number of ether oxygens (including phenoxy) is 1. The molecule has 0 fully saturated rings. The molecule has 118 valence electrons. The Bertz CT molecular complexity index is 983. The molecular formula is C21H18N2O. The van der Waals surface area contributed by atoms with Gasteiger partial charge in [0.1, 0.15) is 11.4 Å². The molecule has 0 amide bonds. The van der Waals surface area contributed by atoms with Gasteiger partial charge in [-0.15, -0.1) is 0 Å². The molecular weight excluding hydrogens is 296 g/mol. The maximum absolute atomic E-state index is 5.21. The van der Waals surface area contributed by atoms with Crippen LogP contribution >= 0.6 is 0 Å². The second kappa shape index (κ2) is 5.85. The topological polar surface area (TPSA) is 26.5 Å². The van der Waals surface area contributed by atoms with Crippen molar-refractivity contribution < 1.29 is 4.74 Å². The summed E-state index contributed by atoms with van der Waals surface area (Å²) < 4.78 is 7.33. The number of aryl methyl sites for hydroxylation is 1. The van der Waals surface area contributed by atoms with Crippen LogP contribution in [0.2, 0.25) is 0 Å². The molecule has 4 rings (SSSR count). The zero-order valence-electron chi connectivity index (χ0n) is 13.7. The number of hydrogen-bond donors (Lipinski definition) is 0. The van der Waals surface area contributed by atoms with E-state index in [1.165, 1.54) is 16.8 Å². The molecule has 0 radical (unpaired) electrons. The molecule has 0 atom stereocenters. The molecule has 2 heterocycles. The Balaban J connectivity index is 1.68. The molecule has 3 heteroatoms. The van der Waals surface area contributed by atoms with Gasteiger partial charge < -0.3 is 9.14 Å². The van der Waals surface area contributed by atoms with Gasteiger partial charge in [-0.3, -0.25) is 0 Å². The highest BCUT2D eigenvalue weighted by Gasteiger charge is 2.06. The number of benzene rings is 2. The summed E-state index contributed by atoms with van der Waals surface area (Å²) in [6.45, 7) is 2.09. The van der Waals surface area contributed by atoms with Gasteiger partial charge in [-0.05, 0) is 42.3 Å². The normalized spacial score (nSPS) is 10.9. The van der Waals surface area contributed by atoms with E-state index in [4.69, 9.17) is 9.72 Å². The highest BCUT2D eigenvalue weighted by atomic mass is 16.5. The molecule has 0 aliphatic rings. The highest BCUT2D eigenvalue weighted by Crippen LogP contribution is 2.26. The van der Waals surface area contributed by atoms with Gasteiger partial charge in [-0.1, -0.05) is 42.5 Å². The summed E-state index contributed by atoms with van der Waals surface area (Å²) >= 11 is 0. The summed E-state index contributed by atoms with van der Waals surface area (Å²) in [5.74, 6) is 0.871. The first kappa shape index (κ1) is 14.5. The van der Waals surface area contributed by atoms with Crippen LogP contribution in [0.1, 0.15) is 5.69 Å². The number of nitrogens with zero attached hydrogens (tertiary/aromatic N) is 2. The fourth-order valence-corrected chi connectivity index (χ4v) is 2.90. The van der Waals surface area contributed by atoms with Crippen molar-refractivity contribution in [3.63, 3.8) is 0 Å². The number of hydrogen-bond acceptors (Lipinski definition) is 2. The molecule has 24 heavy (non-hydrogen) atoms. The van der Waals surface area contributed by atoms with E-state index in [1.807, 2.05) is 24.3 Å². The van der Waals surface area contributed by atoms with Gasteiger partial charge in [-0.25, -0.2) is 4.98 Å². The molecule has 0 aliphatic carbocycles. The molecule has 3 nitrogen and oxygen atoms in total. The van der Waals surface area contributed by atoms with E-state index in [2.05, 4.69) is 60.0 Å². The highest BCUT2D eigenvalue weighted by molar-refractivity contribution is 5.70. The molecule has 0 spiro atoms. The monoisotopic (exact) mass is 314 g/mol. The first-order valence-electron chi connectivity index (χ1n) is 7.94. The smallest absolute Gasteiger partial charge is 0.137 e. The number of imidazole rings is 1. The van der Waals surface area contributed by atoms with E-state index in [9.17, 15) is 0 Å². The zero-order chi connectivity index (χ0) is 16.5. The fourth-order valence-electron chi connectivity index (χ4n) is 2.90. The number of methoxy groups -OCH3 is 1. The van der Waals surface area contributed by atoms with Crippen molar-refractivity contribution in [1.29, 1.82) is 0 Å². The second-order valence-electron chi connectivity index (χ2n) is 5.83. The van der Waals surface area contributed by atoms with Gasteiger partial charge in [0.05, 0.1) is 12.8 Å². The largest absolute Gasteiger partial charge is 0.497 e. The van der Waals surface area contributed by atoms with Crippen molar-refractivity contribution in [2.45, 2.75) is 6.92 Å². The Hall–Kier alpha value is -3.07. The van der Waals surface area contributed by atoms with Crippen molar-refractivity contribution in [2.75, 3.05) is 7.11 Å². The van der Waals surface area contributed by atoms with E-state index in [0.29, 0.717) is 0 Å². The quantitative estimate of drug-likeness (QED) is 0.533. The summed E-state index contributed by atoms with van der Waals surface area (Å²) in [5.41, 5.74) is 6.63. The predicted octanol–water partition coefficient (Wildman–Crippen LogP) is 4.99. The van der Waals surface area contributed by atoms with Crippen LogP contribution in [0.15, 0.2) is 72.9 Å².